The number of thiophene rings is 1. The van der Waals surface area contributed by atoms with Crippen LogP contribution in [0.3, 0.4) is 0 Å². The summed E-state index contributed by atoms with van der Waals surface area (Å²) in [6.45, 7) is 1.86. The highest BCUT2D eigenvalue weighted by Gasteiger charge is 2.22. The van der Waals surface area contributed by atoms with E-state index in [2.05, 4.69) is 5.32 Å². The van der Waals surface area contributed by atoms with Gasteiger partial charge in [0, 0.05) is 6.08 Å². The molecule has 1 heterocycles. The number of carbonyl (C=O) groups excluding carboxylic acids is 1. The minimum atomic E-state index is -1.08. The van der Waals surface area contributed by atoms with Crippen molar-refractivity contribution in [2.24, 2.45) is 0 Å². The minimum absolute atomic E-state index is 0.170. The Bertz CT molecular complexity index is 574. The molecule has 1 aromatic heterocycles. The summed E-state index contributed by atoms with van der Waals surface area (Å²) in [5, 5.41) is 17.0. The van der Waals surface area contributed by atoms with Gasteiger partial charge in [0.2, 0.25) is 5.91 Å². The standard InChI is InChI=1S/C16H17NO2S/c1-16(19,14-5-3-2-4-6-14)12-17-15(18)8-7-13-9-10-20-11-13/h2-11,19H,12H2,1H3,(H,17,18)/b8-7+/t16-/m1/s1. The monoisotopic (exact) mass is 287 g/mol. The van der Waals surface area contributed by atoms with Gasteiger partial charge in [0.05, 0.1) is 6.54 Å². The second kappa shape index (κ2) is 6.50. The van der Waals surface area contributed by atoms with Gasteiger partial charge in [0.1, 0.15) is 5.60 Å². The Morgan fingerprint density at radius 2 is 2.10 bits per heavy atom. The van der Waals surface area contributed by atoms with Gasteiger partial charge in [0.15, 0.2) is 0 Å². The zero-order valence-corrected chi connectivity index (χ0v) is 12.1. The van der Waals surface area contributed by atoms with E-state index in [1.54, 1.807) is 24.3 Å². The molecule has 0 aliphatic heterocycles. The van der Waals surface area contributed by atoms with Crippen LogP contribution in [0.25, 0.3) is 6.08 Å². The van der Waals surface area contributed by atoms with Crippen molar-refractivity contribution >= 4 is 23.3 Å². The van der Waals surface area contributed by atoms with Gasteiger partial charge in [-0.1, -0.05) is 30.3 Å². The summed E-state index contributed by atoms with van der Waals surface area (Å²) < 4.78 is 0. The van der Waals surface area contributed by atoms with Crippen LogP contribution in [0.4, 0.5) is 0 Å². The number of benzene rings is 1. The molecule has 0 bridgehead atoms. The van der Waals surface area contributed by atoms with Gasteiger partial charge in [-0.05, 0) is 41.0 Å². The van der Waals surface area contributed by atoms with Gasteiger partial charge >= 0.3 is 0 Å². The number of amides is 1. The van der Waals surface area contributed by atoms with Crippen molar-refractivity contribution in [3.05, 3.63) is 64.4 Å². The molecule has 2 N–H and O–H groups in total. The maximum absolute atomic E-state index is 11.7. The van der Waals surface area contributed by atoms with E-state index in [1.165, 1.54) is 6.08 Å². The molecule has 0 radical (unpaired) electrons. The molecule has 1 amide bonds. The summed E-state index contributed by atoms with van der Waals surface area (Å²) in [5.41, 5.74) is 0.703. The van der Waals surface area contributed by atoms with Crippen LogP contribution in [-0.4, -0.2) is 17.6 Å². The SMILES string of the molecule is C[C@@](O)(CNC(=O)/C=C/c1ccsc1)c1ccccc1. The molecule has 0 aliphatic rings. The van der Waals surface area contributed by atoms with E-state index in [0.717, 1.165) is 11.1 Å². The third kappa shape index (κ3) is 4.05. The van der Waals surface area contributed by atoms with Crippen LogP contribution >= 0.6 is 11.3 Å². The number of aliphatic hydroxyl groups is 1. The molecule has 0 unspecified atom stereocenters. The Kier molecular flexibility index (Phi) is 4.71. The summed E-state index contributed by atoms with van der Waals surface area (Å²) in [6, 6.07) is 11.2. The number of carbonyl (C=O) groups is 1. The van der Waals surface area contributed by atoms with Crippen molar-refractivity contribution < 1.29 is 9.90 Å². The Labute approximate surface area is 122 Å². The van der Waals surface area contributed by atoms with E-state index in [9.17, 15) is 9.90 Å². The summed E-state index contributed by atoms with van der Waals surface area (Å²) in [6.07, 6.45) is 3.23. The minimum Gasteiger partial charge on any atom is -0.384 e. The fraction of sp³-hybridized carbons (Fsp3) is 0.188. The summed E-state index contributed by atoms with van der Waals surface area (Å²) in [7, 11) is 0. The smallest absolute Gasteiger partial charge is 0.244 e. The molecule has 1 atom stereocenters. The Morgan fingerprint density at radius 3 is 2.75 bits per heavy atom. The Morgan fingerprint density at radius 1 is 1.35 bits per heavy atom. The summed E-state index contributed by atoms with van der Waals surface area (Å²) in [5.74, 6) is -0.215. The molecule has 0 saturated carbocycles. The van der Waals surface area contributed by atoms with Crippen LogP contribution in [0.15, 0.2) is 53.2 Å². The molecule has 0 aliphatic carbocycles. The van der Waals surface area contributed by atoms with Crippen LogP contribution < -0.4 is 5.32 Å². The van der Waals surface area contributed by atoms with E-state index in [-0.39, 0.29) is 12.5 Å². The van der Waals surface area contributed by atoms with Gasteiger partial charge in [0.25, 0.3) is 0 Å². The second-order valence-electron chi connectivity index (χ2n) is 4.75. The number of hydrogen-bond donors (Lipinski definition) is 2. The predicted octanol–water partition coefficient (Wildman–Crippen LogP) is 2.79. The second-order valence-corrected chi connectivity index (χ2v) is 5.53. The summed E-state index contributed by atoms with van der Waals surface area (Å²) in [4.78, 5) is 11.7. The maximum Gasteiger partial charge on any atom is 0.244 e. The molecule has 20 heavy (non-hydrogen) atoms. The van der Waals surface area contributed by atoms with Crippen molar-refractivity contribution in [3.63, 3.8) is 0 Å². The van der Waals surface area contributed by atoms with Crippen LogP contribution in [-0.2, 0) is 10.4 Å². The average molecular weight is 287 g/mol. The maximum atomic E-state index is 11.7. The van der Waals surface area contributed by atoms with Gasteiger partial charge in [-0.25, -0.2) is 0 Å². The van der Waals surface area contributed by atoms with E-state index in [1.807, 2.05) is 47.2 Å². The van der Waals surface area contributed by atoms with Gasteiger partial charge in [-0.15, -0.1) is 0 Å². The predicted molar refractivity (Wildman–Crippen MR) is 82.4 cm³/mol. The molecular formula is C16H17NO2S. The lowest BCUT2D eigenvalue weighted by atomic mass is 9.96. The van der Waals surface area contributed by atoms with Crippen LogP contribution in [0.5, 0.6) is 0 Å². The molecule has 3 nitrogen and oxygen atoms in total. The largest absolute Gasteiger partial charge is 0.384 e. The molecular weight excluding hydrogens is 270 g/mol. The highest BCUT2D eigenvalue weighted by molar-refractivity contribution is 7.08. The molecule has 2 rings (SSSR count). The van der Waals surface area contributed by atoms with Gasteiger partial charge in [-0.3, -0.25) is 4.79 Å². The zero-order valence-electron chi connectivity index (χ0n) is 11.2. The van der Waals surface area contributed by atoms with Crippen molar-refractivity contribution in [1.82, 2.24) is 5.32 Å². The molecule has 104 valence electrons. The first-order valence-corrected chi connectivity index (χ1v) is 7.28. The van der Waals surface area contributed by atoms with Crippen LogP contribution in [0.2, 0.25) is 0 Å². The third-order valence-corrected chi connectivity index (χ3v) is 3.67. The molecule has 0 fully saturated rings. The fourth-order valence-electron chi connectivity index (χ4n) is 1.76. The van der Waals surface area contributed by atoms with Crippen molar-refractivity contribution in [2.75, 3.05) is 6.54 Å². The lowest BCUT2D eigenvalue weighted by Gasteiger charge is -2.23. The zero-order chi connectivity index (χ0) is 14.4. The third-order valence-electron chi connectivity index (χ3n) is 2.97. The highest BCUT2D eigenvalue weighted by atomic mass is 32.1. The quantitative estimate of drug-likeness (QED) is 0.831. The topological polar surface area (TPSA) is 49.3 Å². The average Bonchev–Trinajstić information content (AvgIpc) is 2.97. The normalized spacial score (nSPS) is 14.1. The number of rotatable bonds is 5. The fourth-order valence-corrected chi connectivity index (χ4v) is 2.39. The van der Waals surface area contributed by atoms with Gasteiger partial charge in [-0.2, -0.15) is 11.3 Å². The summed E-state index contributed by atoms with van der Waals surface area (Å²) >= 11 is 1.58. The molecule has 0 spiro atoms. The van der Waals surface area contributed by atoms with Crippen molar-refractivity contribution in [3.8, 4) is 0 Å². The lowest BCUT2D eigenvalue weighted by Crippen LogP contribution is -2.37. The molecule has 2 aromatic rings. The van der Waals surface area contributed by atoms with Crippen molar-refractivity contribution in [2.45, 2.75) is 12.5 Å². The van der Waals surface area contributed by atoms with E-state index >= 15 is 0 Å². The first-order chi connectivity index (χ1) is 9.58. The van der Waals surface area contributed by atoms with E-state index in [4.69, 9.17) is 0 Å². The van der Waals surface area contributed by atoms with Crippen LogP contribution in [0.1, 0.15) is 18.1 Å². The van der Waals surface area contributed by atoms with Crippen LogP contribution in [0, 0.1) is 0 Å². The Hall–Kier alpha value is -1.91. The van der Waals surface area contributed by atoms with E-state index in [0.29, 0.717) is 0 Å². The first-order valence-electron chi connectivity index (χ1n) is 6.34. The first kappa shape index (κ1) is 14.5. The van der Waals surface area contributed by atoms with Crippen molar-refractivity contribution in [1.29, 1.82) is 0 Å². The highest BCUT2D eigenvalue weighted by Crippen LogP contribution is 2.18. The number of hydrogen-bond acceptors (Lipinski definition) is 3. The lowest BCUT2D eigenvalue weighted by molar-refractivity contribution is -0.117. The number of nitrogens with one attached hydrogen (secondary N) is 1. The van der Waals surface area contributed by atoms with Gasteiger partial charge < -0.3 is 10.4 Å². The Balaban J connectivity index is 1.90. The molecule has 0 saturated heterocycles. The molecule has 1 aromatic carbocycles. The molecule has 4 heteroatoms. The van der Waals surface area contributed by atoms with E-state index < -0.39 is 5.60 Å².